The smallest absolute Gasteiger partial charge is 0.234 e. The summed E-state index contributed by atoms with van der Waals surface area (Å²) in [7, 11) is 0. The normalized spacial score (nSPS) is 16.4. The molecule has 4 nitrogen and oxygen atoms in total. The second kappa shape index (κ2) is 8.23. The van der Waals surface area contributed by atoms with Crippen LogP contribution in [0.4, 0.5) is 4.39 Å². The molecule has 1 saturated heterocycles. The molecule has 0 unspecified atom stereocenters. The molecular formula is C20H23FN2O2. The molecular weight excluding hydrogens is 319 g/mol. The SMILES string of the molecule is O=C(CNC1(c2ccc(F)cc2)CCOCC1)NCc1ccccc1. The van der Waals surface area contributed by atoms with Crippen molar-refractivity contribution in [2.45, 2.75) is 24.9 Å². The summed E-state index contributed by atoms with van der Waals surface area (Å²) in [6, 6.07) is 16.3. The molecule has 0 spiro atoms. The van der Waals surface area contributed by atoms with Gasteiger partial charge in [0, 0.05) is 25.3 Å². The molecule has 1 aliphatic rings. The van der Waals surface area contributed by atoms with Crippen LogP contribution in [0.25, 0.3) is 0 Å². The molecule has 1 heterocycles. The second-order valence-electron chi connectivity index (χ2n) is 6.32. The summed E-state index contributed by atoms with van der Waals surface area (Å²) in [4.78, 5) is 12.2. The lowest BCUT2D eigenvalue weighted by Gasteiger charge is -2.38. The Kier molecular flexibility index (Phi) is 5.79. The molecule has 0 bridgehead atoms. The minimum absolute atomic E-state index is 0.0585. The number of rotatable bonds is 6. The van der Waals surface area contributed by atoms with Crippen LogP contribution >= 0.6 is 0 Å². The van der Waals surface area contributed by atoms with Gasteiger partial charge in [-0.05, 0) is 36.1 Å². The topological polar surface area (TPSA) is 50.4 Å². The van der Waals surface area contributed by atoms with Gasteiger partial charge in [-0.3, -0.25) is 10.1 Å². The Balaban J connectivity index is 1.61. The molecule has 0 radical (unpaired) electrons. The van der Waals surface area contributed by atoms with E-state index in [1.54, 1.807) is 12.1 Å². The largest absolute Gasteiger partial charge is 0.381 e. The van der Waals surface area contributed by atoms with Gasteiger partial charge in [0.15, 0.2) is 0 Å². The summed E-state index contributed by atoms with van der Waals surface area (Å²) in [5.41, 5.74) is 1.71. The van der Waals surface area contributed by atoms with Crippen molar-refractivity contribution in [3.8, 4) is 0 Å². The number of hydrogen-bond donors (Lipinski definition) is 2. The third-order valence-electron chi connectivity index (χ3n) is 4.66. The maximum atomic E-state index is 13.2. The summed E-state index contributed by atoms with van der Waals surface area (Å²) < 4.78 is 18.7. The fraction of sp³-hybridized carbons (Fsp3) is 0.350. The maximum Gasteiger partial charge on any atom is 0.234 e. The van der Waals surface area contributed by atoms with Gasteiger partial charge in [0.1, 0.15) is 5.82 Å². The van der Waals surface area contributed by atoms with Crippen molar-refractivity contribution in [2.24, 2.45) is 0 Å². The Morgan fingerprint density at radius 3 is 2.40 bits per heavy atom. The van der Waals surface area contributed by atoms with E-state index in [1.807, 2.05) is 30.3 Å². The summed E-state index contributed by atoms with van der Waals surface area (Å²) in [5, 5.41) is 6.32. The Labute approximate surface area is 147 Å². The van der Waals surface area contributed by atoms with Crippen LogP contribution in [-0.4, -0.2) is 25.7 Å². The van der Waals surface area contributed by atoms with Gasteiger partial charge in [-0.15, -0.1) is 0 Å². The average Bonchev–Trinajstić information content (AvgIpc) is 2.67. The molecule has 5 heteroatoms. The van der Waals surface area contributed by atoms with Gasteiger partial charge in [0.25, 0.3) is 0 Å². The van der Waals surface area contributed by atoms with Crippen molar-refractivity contribution in [3.05, 3.63) is 71.5 Å². The average molecular weight is 342 g/mol. The van der Waals surface area contributed by atoms with Crippen molar-refractivity contribution in [1.29, 1.82) is 0 Å². The minimum Gasteiger partial charge on any atom is -0.381 e. The number of carbonyl (C=O) groups is 1. The van der Waals surface area contributed by atoms with Crippen LogP contribution in [0, 0.1) is 5.82 Å². The third kappa shape index (κ3) is 4.65. The number of carbonyl (C=O) groups excluding carboxylic acids is 1. The predicted molar refractivity (Wildman–Crippen MR) is 94.4 cm³/mol. The van der Waals surface area contributed by atoms with Gasteiger partial charge >= 0.3 is 0 Å². The van der Waals surface area contributed by atoms with E-state index in [2.05, 4.69) is 10.6 Å². The van der Waals surface area contributed by atoms with Crippen LogP contribution in [0.3, 0.4) is 0 Å². The first-order valence-corrected chi connectivity index (χ1v) is 8.57. The molecule has 132 valence electrons. The number of ether oxygens (including phenoxy) is 1. The molecule has 0 aromatic heterocycles. The standard InChI is InChI=1S/C20H23FN2O2/c21-18-8-6-17(7-9-18)20(10-12-25-13-11-20)23-15-19(24)22-14-16-4-2-1-3-5-16/h1-9,23H,10-15H2,(H,22,24). The van der Waals surface area contributed by atoms with Crippen molar-refractivity contribution < 1.29 is 13.9 Å². The van der Waals surface area contributed by atoms with Crippen LogP contribution in [0.1, 0.15) is 24.0 Å². The van der Waals surface area contributed by atoms with E-state index in [0.29, 0.717) is 19.8 Å². The van der Waals surface area contributed by atoms with Crippen LogP contribution in [0.5, 0.6) is 0 Å². The summed E-state index contributed by atoms with van der Waals surface area (Å²) in [5.74, 6) is -0.316. The lowest BCUT2D eigenvalue weighted by atomic mass is 9.82. The molecule has 2 N–H and O–H groups in total. The highest BCUT2D eigenvalue weighted by Gasteiger charge is 2.34. The maximum absolute atomic E-state index is 13.2. The molecule has 2 aromatic rings. The van der Waals surface area contributed by atoms with Crippen LogP contribution in [-0.2, 0) is 21.6 Å². The second-order valence-corrected chi connectivity index (χ2v) is 6.32. The number of nitrogens with one attached hydrogen (secondary N) is 2. The molecule has 1 amide bonds. The zero-order chi connectivity index (χ0) is 17.5. The lowest BCUT2D eigenvalue weighted by molar-refractivity contribution is -0.121. The van der Waals surface area contributed by atoms with Crippen molar-refractivity contribution in [1.82, 2.24) is 10.6 Å². The summed E-state index contributed by atoms with van der Waals surface area (Å²) >= 11 is 0. The highest BCUT2D eigenvalue weighted by atomic mass is 19.1. The van der Waals surface area contributed by atoms with Gasteiger partial charge < -0.3 is 10.1 Å². The Morgan fingerprint density at radius 1 is 1.04 bits per heavy atom. The van der Waals surface area contributed by atoms with Crippen LogP contribution in [0.2, 0.25) is 0 Å². The van der Waals surface area contributed by atoms with Gasteiger partial charge in [0.05, 0.1) is 6.54 Å². The van der Waals surface area contributed by atoms with E-state index in [0.717, 1.165) is 24.0 Å². The van der Waals surface area contributed by atoms with E-state index in [9.17, 15) is 9.18 Å². The Hall–Kier alpha value is -2.24. The minimum atomic E-state index is -0.351. The first kappa shape index (κ1) is 17.6. The molecule has 1 aliphatic heterocycles. The van der Waals surface area contributed by atoms with E-state index in [1.165, 1.54) is 12.1 Å². The fourth-order valence-electron chi connectivity index (χ4n) is 3.16. The Bertz CT molecular complexity index is 683. The van der Waals surface area contributed by atoms with Gasteiger partial charge in [-0.1, -0.05) is 42.5 Å². The van der Waals surface area contributed by atoms with Crippen molar-refractivity contribution >= 4 is 5.91 Å². The van der Waals surface area contributed by atoms with E-state index in [4.69, 9.17) is 4.74 Å². The first-order chi connectivity index (χ1) is 12.2. The van der Waals surface area contributed by atoms with E-state index < -0.39 is 0 Å². The predicted octanol–water partition coefficient (Wildman–Crippen LogP) is 2.74. The molecule has 0 saturated carbocycles. The number of hydrogen-bond acceptors (Lipinski definition) is 3. The third-order valence-corrected chi connectivity index (χ3v) is 4.66. The lowest BCUT2D eigenvalue weighted by Crippen LogP contribution is -2.50. The van der Waals surface area contributed by atoms with Crippen molar-refractivity contribution in [3.63, 3.8) is 0 Å². The van der Waals surface area contributed by atoms with Crippen LogP contribution < -0.4 is 10.6 Å². The van der Waals surface area contributed by atoms with Gasteiger partial charge in [-0.2, -0.15) is 0 Å². The highest BCUT2D eigenvalue weighted by Crippen LogP contribution is 2.32. The molecule has 3 rings (SSSR count). The fourth-order valence-corrected chi connectivity index (χ4v) is 3.16. The number of amides is 1. The highest BCUT2D eigenvalue weighted by molar-refractivity contribution is 5.78. The molecule has 0 aliphatic carbocycles. The van der Waals surface area contributed by atoms with Gasteiger partial charge in [0.2, 0.25) is 5.91 Å². The molecule has 1 fully saturated rings. The summed E-state index contributed by atoms with van der Waals surface area (Å²) in [6.07, 6.45) is 1.51. The monoisotopic (exact) mass is 342 g/mol. The number of halogens is 1. The van der Waals surface area contributed by atoms with Gasteiger partial charge in [-0.25, -0.2) is 4.39 Å². The molecule has 0 atom stereocenters. The van der Waals surface area contributed by atoms with Crippen LogP contribution in [0.15, 0.2) is 54.6 Å². The number of benzene rings is 2. The summed E-state index contributed by atoms with van der Waals surface area (Å²) in [6.45, 7) is 1.96. The Morgan fingerprint density at radius 2 is 1.72 bits per heavy atom. The molecule has 25 heavy (non-hydrogen) atoms. The zero-order valence-electron chi connectivity index (χ0n) is 14.1. The molecule has 2 aromatic carbocycles. The van der Waals surface area contributed by atoms with E-state index >= 15 is 0 Å². The first-order valence-electron chi connectivity index (χ1n) is 8.57. The zero-order valence-corrected chi connectivity index (χ0v) is 14.1. The van der Waals surface area contributed by atoms with E-state index in [-0.39, 0.29) is 23.8 Å². The van der Waals surface area contributed by atoms with Crippen molar-refractivity contribution in [2.75, 3.05) is 19.8 Å². The quantitative estimate of drug-likeness (QED) is 0.849.